The van der Waals surface area contributed by atoms with Gasteiger partial charge in [-0.25, -0.2) is 8.78 Å². The lowest BCUT2D eigenvalue weighted by molar-refractivity contribution is 0.151. The van der Waals surface area contributed by atoms with Crippen LogP contribution >= 0.6 is 0 Å². The molecule has 0 aliphatic rings. The lowest BCUT2D eigenvalue weighted by Crippen LogP contribution is -2.07. The number of hydrogen-bond acceptors (Lipinski definition) is 1. The van der Waals surface area contributed by atoms with Crippen molar-refractivity contribution in [2.24, 2.45) is 5.73 Å². The highest BCUT2D eigenvalue weighted by molar-refractivity contribution is 5.33. The van der Waals surface area contributed by atoms with Crippen molar-refractivity contribution >= 4 is 0 Å². The second kappa shape index (κ2) is 3.83. The highest BCUT2D eigenvalue weighted by Crippen LogP contribution is 2.24. The highest BCUT2D eigenvalue weighted by Gasteiger charge is 2.10. The molecule has 1 rings (SSSR count). The molecule has 0 heterocycles. The van der Waals surface area contributed by atoms with Crippen LogP contribution in [0.2, 0.25) is 0 Å². The van der Waals surface area contributed by atoms with E-state index in [2.05, 4.69) is 0 Å². The van der Waals surface area contributed by atoms with Crippen LogP contribution in [0.25, 0.3) is 0 Å². The van der Waals surface area contributed by atoms with Crippen LogP contribution < -0.4 is 5.73 Å². The Morgan fingerprint density at radius 3 is 2.38 bits per heavy atom. The first kappa shape index (κ1) is 10.1. The zero-order valence-corrected chi connectivity index (χ0v) is 7.72. The van der Waals surface area contributed by atoms with Gasteiger partial charge in [0.15, 0.2) is 0 Å². The SMILES string of the molecule is Cc1ccc(C(F)F)cc1C(C)N. The van der Waals surface area contributed by atoms with Crippen molar-refractivity contribution in [3.05, 3.63) is 34.9 Å². The van der Waals surface area contributed by atoms with Crippen LogP contribution in [0.4, 0.5) is 8.78 Å². The number of aryl methyl sites for hydroxylation is 1. The second-order valence-corrected chi connectivity index (χ2v) is 3.21. The fourth-order valence-corrected chi connectivity index (χ4v) is 1.29. The van der Waals surface area contributed by atoms with Gasteiger partial charge in [-0.2, -0.15) is 0 Å². The highest BCUT2D eigenvalue weighted by atomic mass is 19.3. The van der Waals surface area contributed by atoms with Crippen molar-refractivity contribution in [1.29, 1.82) is 0 Å². The average molecular weight is 185 g/mol. The molecular weight excluding hydrogens is 172 g/mol. The third-order valence-corrected chi connectivity index (χ3v) is 2.05. The molecule has 72 valence electrons. The minimum Gasteiger partial charge on any atom is -0.324 e. The number of halogens is 2. The standard InChI is InChI=1S/C10H13F2N/c1-6-3-4-8(10(11)12)5-9(6)7(2)13/h3-5,7,10H,13H2,1-2H3. The molecule has 13 heavy (non-hydrogen) atoms. The second-order valence-electron chi connectivity index (χ2n) is 3.21. The first-order chi connectivity index (χ1) is 6.02. The number of hydrogen-bond donors (Lipinski definition) is 1. The van der Waals surface area contributed by atoms with Gasteiger partial charge in [0.05, 0.1) is 0 Å². The first-order valence-electron chi connectivity index (χ1n) is 4.16. The molecule has 0 aliphatic carbocycles. The minimum absolute atomic E-state index is 0.0397. The lowest BCUT2D eigenvalue weighted by Gasteiger charge is -2.11. The van der Waals surface area contributed by atoms with Crippen molar-refractivity contribution < 1.29 is 8.78 Å². The molecular formula is C10H13F2N. The first-order valence-corrected chi connectivity index (χ1v) is 4.16. The lowest BCUT2D eigenvalue weighted by atomic mass is 10.0. The molecule has 0 saturated heterocycles. The van der Waals surface area contributed by atoms with Crippen molar-refractivity contribution in [2.75, 3.05) is 0 Å². The summed E-state index contributed by atoms with van der Waals surface area (Å²) in [5, 5.41) is 0. The molecule has 0 radical (unpaired) electrons. The van der Waals surface area contributed by atoms with Gasteiger partial charge in [-0.1, -0.05) is 12.1 Å². The van der Waals surface area contributed by atoms with Gasteiger partial charge in [-0.05, 0) is 31.0 Å². The van der Waals surface area contributed by atoms with E-state index in [9.17, 15) is 8.78 Å². The summed E-state index contributed by atoms with van der Waals surface area (Å²) < 4.78 is 24.6. The predicted molar refractivity (Wildman–Crippen MR) is 48.7 cm³/mol. The van der Waals surface area contributed by atoms with Crippen molar-refractivity contribution in [3.8, 4) is 0 Å². The van der Waals surface area contributed by atoms with Crippen LogP contribution in [0.1, 0.15) is 36.1 Å². The zero-order chi connectivity index (χ0) is 10.0. The Morgan fingerprint density at radius 1 is 1.31 bits per heavy atom. The van der Waals surface area contributed by atoms with Crippen LogP contribution in [-0.4, -0.2) is 0 Å². The summed E-state index contributed by atoms with van der Waals surface area (Å²) in [5.74, 6) is 0. The summed E-state index contributed by atoms with van der Waals surface area (Å²) in [4.78, 5) is 0. The third kappa shape index (κ3) is 2.25. The molecule has 0 fully saturated rings. The van der Waals surface area contributed by atoms with Crippen molar-refractivity contribution in [3.63, 3.8) is 0 Å². The van der Waals surface area contributed by atoms with E-state index < -0.39 is 6.43 Å². The smallest absolute Gasteiger partial charge is 0.263 e. The van der Waals surface area contributed by atoms with Gasteiger partial charge in [0.25, 0.3) is 6.43 Å². The molecule has 1 aromatic rings. The molecule has 0 saturated carbocycles. The fraction of sp³-hybridized carbons (Fsp3) is 0.400. The third-order valence-electron chi connectivity index (χ3n) is 2.05. The number of alkyl halides is 2. The molecule has 1 atom stereocenters. The number of benzene rings is 1. The topological polar surface area (TPSA) is 26.0 Å². The Kier molecular flexibility index (Phi) is 2.98. The van der Waals surface area contributed by atoms with Gasteiger partial charge in [-0.3, -0.25) is 0 Å². The molecule has 0 spiro atoms. The van der Waals surface area contributed by atoms with Gasteiger partial charge in [0.1, 0.15) is 0 Å². The van der Waals surface area contributed by atoms with Crippen LogP contribution in [0.5, 0.6) is 0 Å². The normalized spacial score (nSPS) is 13.4. The molecule has 0 aromatic heterocycles. The van der Waals surface area contributed by atoms with E-state index in [4.69, 9.17) is 5.73 Å². The number of rotatable bonds is 2. The largest absolute Gasteiger partial charge is 0.324 e. The van der Waals surface area contributed by atoms with E-state index in [1.54, 1.807) is 13.0 Å². The fourth-order valence-electron chi connectivity index (χ4n) is 1.29. The summed E-state index contributed by atoms with van der Waals surface area (Å²) in [5.41, 5.74) is 7.43. The van der Waals surface area contributed by atoms with Gasteiger partial charge in [0.2, 0.25) is 0 Å². The molecule has 3 heteroatoms. The number of nitrogens with two attached hydrogens (primary N) is 1. The summed E-state index contributed by atoms with van der Waals surface area (Å²) in [7, 11) is 0. The monoisotopic (exact) mass is 185 g/mol. The summed E-state index contributed by atoms with van der Waals surface area (Å²) in [6.07, 6.45) is -2.42. The summed E-state index contributed by atoms with van der Waals surface area (Å²) in [6, 6.07) is 4.40. The Labute approximate surface area is 76.6 Å². The van der Waals surface area contributed by atoms with Crippen LogP contribution in [0.3, 0.4) is 0 Å². The molecule has 1 aromatic carbocycles. The van der Waals surface area contributed by atoms with E-state index in [1.165, 1.54) is 12.1 Å². The van der Waals surface area contributed by atoms with E-state index in [-0.39, 0.29) is 11.6 Å². The van der Waals surface area contributed by atoms with Gasteiger partial charge < -0.3 is 5.73 Å². The molecule has 0 aliphatic heterocycles. The molecule has 1 nitrogen and oxygen atoms in total. The van der Waals surface area contributed by atoms with E-state index in [1.807, 2.05) is 6.92 Å². The van der Waals surface area contributed by atoms with Crippen molar-refractivity contribution in [2.45, 2.75) is 26.3 Å². The summed E-state index contributed by atoms with van der Waals surface area (Å²) >= 11 is 0. The zero-order valence-electron chi connectivity index (χ0n) is 7.72. The Balaban J connectivity index is 3.11. The van der Waals surface area contributed by atoms with Gasteiger partial charge >= 0.3 is 0 Å². The maximum atomic E-state index is 12.3. The van der Waals surface area contributed by atoms with Crippen LogP contribution in [0.15, 0.2) is 18.2 Å². The average Bonchev–Trinajstić information content (AvgIpc) is 2.04. The van der Waals surface area contributed by atoms with Gasteiger partial charge in [-0.15, -0.1) is 0 Å². The predicted octanol–water partition coefficient (Wildman–Crippen LogP) is 2.95. The maximum Gasteiger partial charge on any atom is 0.263 e. The molecule has 1 unspecified atom stereocenters. The van der Waals surface area contributed by atoms with Crippen molar-refractivity contribution in [1.82, 2.24) is 0 Å². The minimum atomic E-state index is -2.42. The van der Waals surface area contributed by atoms with E-state index in [0.717, 1.165) is 11.1 Å². The summed E-state index contributed by atoms with van der Waals surface area (Å²) in [6.45, 7) is 3.66. The van der Waals surface area contributed by atoms with Crippen LogP contribution in [0, 0.1) is 6.92 Å². The quantitative estimate of drug-likeness (QED) is 0.753. The van der Waals surface area contributed by atoms with Gasteiger partial charge in [0, 0.05) is 11.6 Å². The molecule has 0 bridgehead atoms. The maximum absolute atomic E-state index is 12.3. The van der Waals surface area contributed by atoms with Crippen LogP contribution in [-0.2, 0) is 0 Å². The Morgan fingerprint density at radius 2 is 1.92 bits per heavy atom. The van der Waals surface area contributed by atoms with E-state index in [0.29, 0.717) is 0 Å². The Hall–Kier alpha value is -0.960. The molecule has 2 N–H and O–H groups in total. The molecule has 0 amide bonds. The Bertz CT molecular complexity index is 295. The van der Waals surface area contributed by atoms with E-state index >= 15 is 0 Å².